The quantitative estimate of drug-likeness (QED) is 0.796. The van der Waals surface area contributed by atoms with E-state index in [1.165, 1.54) is 49.4 Å². The predicted molar refractivity (Wildman–Crippen MR) is 79.2 cm³/mol. The SMILES string of the molecule is CCCNCC1CCN(Cc2c(C)nn(C)c2C)C1. The van der Waals surface area contributed by atoms with E-state index < -0.39 is 0 Å². The smallest absolute Gasteiger partial charge is 0.0641 e. The molecular weight excluding hydrogens is 236 g/mol. The Bertz CT molecular complexity index is 411. The summed E-state index contributed by atoms with van der Waals surface area (Å²) in [5.74, 6) is 0.823. The fourth-order valence-electron chi connectivity index (χ4n) is 2.98. The molecular formula is C15H28N4. The van der Waals surface area contributed by atoms with Crippen LogP contribution in [0.25, 0.3) is 0 Å². The lowest BCUT2D eigenvalue weighted by atomic mass is 10.1. The first-order chi connectivity index (χ1) is 9.11. The number of hydrogen-bond donors (Lipinski definition) is 1. The van der Waals surface area contributed by atoms with E-state index in [1.54, 1.807) is 0 Å². The molecule has 1 aliphatic heterocycles. The lowest BCUT2D eigenvalue weighted by Crippen LogP contribution is -2.27. The number of likely N-dealkylation sites (tertiary alicyclic amines) is 1. The third-order valence-corrected chi connectivity index (χ3v) is 4.27. The third-order valence-electron chi connectivity index (χ3n) is 4.27. The fourth-order valence-corrected chi connectivity index (χ4v) is 2.98. The number of nitrogens with zero attached hydrogens (tertiary/aromatic N) is 3. The van der Waals surface area contributed by atoms with Gasteiger partial charge in [-0.15, -0.1) is 0 Å². The summed E-state index contributed by atoms with van der Waals surface area (Å²) in [6.45, 7) is 12.4. The Morgan fingerprint density at radius 2 is 2.16 bits per heavy atom. The summed E-state index contributed by atoms with van der Waals surface area (Å²) in [7, 11) is 2.04. The van der Waals surface area contributed by atoms with Crippen molar-refractivity contribution in [1.29, 1.82) is 0 Å². The minimum atomic E-state index is 0.823. The van der Waals surface area contributed by atoms with Crippen molar-refractivity contribution in [3.63, 3.8) is 0 Å². The molecule has 4 heteroatoms. The number of rotatable bonds is 6. The van der Waals surface area contributed by atoms with Crippen LogP contribution >= 0.6 is 0 Å². The maximum Gasteiger partial charge on any atom is 0.0641 e. The van der Waals surface area contributed by atoms with Crippen molar-refractivity contribution in [3.8, 4) is 0 Å². The molecule has 1 atom stereocenters. The van der Waals surface area contributed by atoms with Gasteiger partial charge in [0.1, 0.15) is 0 Å². The highest BCUT2D eigenvalue weighted by Gasteiger charge is 2.23. The fraction of sp³-hybridized carbons (Fsp3) is 0.800. The van der Waals surface area contributed by atoms with E-state index in [-0.39, 0.29) is 0 Å². The Morgan fingerprint density at radius 3 is 2.79 bits per heavy atom. The Morgan fingerprint density at radius 1 is 1.37 bits per heavy atom. The molecule has 19 heavy (non-hydrogen) atoms. The highest BCUT2D eigenvalue weighted by molar-refractivity contribution is 5.24. The van der Waals surface area contributed by atoms with Crippen LogP contribution in [0.15, 0.2) is 0 Å². The average molecular weight is 264 g/mol. The maximum absolute atomic E-state index is 4.51. The van der Waals surface area contributed by atoms with Crippen molar-refractivity contribution in [1.82, 2.24) is 20.0 Å². The van der Waals surface area contributed by atoms with Crippen molar-refractivity contribution < 1.29 is 0 Å². The summed E-state index contributed by atoms with van der Waals surface area (Å²) in [4.78, 5) is 2.58. The molecule has 0 saturated carbocycles. The molecule has 1 fully saturated rings. The molecule has 2 rings (SSSR count). The molecule has 1 aromatic rings. The lowest BCUT2D eigenvalue weighted by Gasteiger charge is -2.16. The molecule has 108 valence electrons. The van der Waals surface area contributed by atoms with Gasteiger partial charge in [0.05, 0.1) is 5.69 Å². The van der Waals surface area contributed by atoms with E-state index in [9.17, 15) is 0 Å². The summed E-state index contributed by atoms with van der Waals surface area (Å²) in [6, 6.07) is 0. The van der Waals surface area contributed by atoms with Gasteiger partial charge in [0.15, 0.2) is 0 Å². The third kappa shape index (κ3) is 3.57. The second-order valence-corrected chi connectivity index (χ2v) is 5.87. The normalized spacial score (nSPS) is 20.3. The van der Waals surface area contributed by atoms with E-state index >= 15 is 0 Å². The Kier molecular flexibility index (Phi) is 4.99. The van der Waals surface area contributed by atoms with Gasteiger partial charge in [0, 0.05) is 31.4 Å². The monoisotopic (exact) mass is 264 g/mol. The highest BCUT2D eigenvalue weighted by Crippen LogP contribution is 2.21. The van der Waals surface area contributed by atoms with E-state index in [2.05, 4.69) is 36.1 Å². The summed E-state index contributed by atoms with van der Waals surface area (Å²) in [5.41, 5.74) is 3.92. The van der Waals surface area contributed by atoms with Crippen molar-refractivity contribution in [2.45, 2.75) is 40.2 Å². The van der Waals surface area contributed by atoms with Crippen LogP contribution in [0.2, 0.25) is 0 Å². The summed E-state index contributed by atoms with van der Waals surface area (Å²) in [6.07, 6.45) is 2.56. The van der Waals surface area contributed by atoms with Gasteiger partial charge in [-0.3, -0.25) is 9.58 Å². The van der Waals surface area contributed by atoms with Crippen molar-refractivity contribution in [2.24, 2.45) is 13.0 Å². The molecule has 0 aliphatic carbocycles. The van der Waals surface area contributed by atoms with Gasteiger partial charge in [-0.2, -0.15) is 5.10 Å². The number of aromatic nitrogens is 2. The largest absolute Gasteiger partial charge is 0.316 e. The first kappa shape index (κ1) is 14.5. The first-order valence-corrected chi connectivity index (χ1v) is 7.54. The standard InChI is InChI=1S/C15H28N4/c1-5-7-16-9-14-6-8-19(10-14)11-15-12(2)17-18(4)13(15)3/h14,16H,5-11H2,1-4H3. The van der Waals surface area contributed by atoms with Crippen LogP contribution in [0.1, 0.15) is 36.7 Å². The molecule has 1 unspecified atom stereocenters. The molecule has 0 aromatic carbocycles. The summed E-state index contributed by atoms with van der Waals surface area (Å²) >= 11 is 0. The molecule has 0 radical (unpaired) electrons. The van der Waals surface area contributed by atoms with Crippen LogP contribution in [-0.2, 0) is 13.6 Å². The number of nitrogens with one attached hydrogen (secondary N) is 1. The Labute approximate surface area is 117 Å². The van der Waals surface area contributed by atoms with Gasteiger partial charge in [-0.25, -0.2) is 0 Å². The second-order valence-electron chi connectivity index (χ2n) is 5.87. The lowest BCUT2D eigenvalue weighted by molar-refractivity contribution is 0.313. The Hall–Kier alpha value is -0.870. The molecule has 1 aliphatic rings. The van der Waals surface area contributed by atoms with E-state index in [0.29, 0.717) is 0 Å². The van der Waals surface area contributed by atoms with Crippen molar-refractivity contribution in [2.75, 3.05) is 26.2 Å². The maximum atomic E-state index is 4.51. The Balaban J connectivity index is 1.84. The number of aryl methyl sites for hydroxylation is 2. The molecule has 0 amide bonds. The zero-order chi connectivity index (χ0) is 13.8. The van der Waals surface area contributed by atoms with Gasteiger partial charge >= 0.3 is 0 Å². The van der Waals surface area contributed by atoms with Crippen molar-refractivity contribution in [3.05, 3.63) is 17.0 Å². The predicted octanol–water partition coefficient (Wildman–Crippen LogP) is 1.86. The van der Waals surface area contributed by atoms with E-state index in [4.69, 9.17) is 0 Å². The zero-order valence-corrected chi connectivity index (χ0v) is 12.9. The van der Waals surface area contributed by atoms with Gasteiger partial charge in [0.25, 0.3) is 0 Å². The molecule has 1 N–H and O–H groups in total. The molecule has 4 nitrogen and oxygen atoms in total. The van der Waals surface area contributed by atoms with Crippen LogP contribution in [0, 0.1) is 19.8 Å². The summed E-state index contributed by atoms with van der Waals surface area (Å²) in [5, 5.41) is 8.06. The minimum Gasteiger partial charge on any atom is -0.316 e. The second kappa shape index (κ2) is 6.53. The average Bonchev–Trinajstić information content (AvgIpc) is 2.91. The van der Waals surface area contributed by atoms with Gasteiger partial charge in [-0.1, -0.05) is 6.92 Å². The van der Waals surface area contributed by atoms with E-state index in [0.717, 1.165) is 19.0 Å². The first-order valence-electron chi connectivity index (χ1n) is 7.54. The summed E-state index contributed by atoms with van der Waals surface area (Å²) < 4.78 is 2.00. The van der Waals surface area contributed by atoms with Crippen LogP contribution in [0.4, 0.5) is 0 Å². The topological polar surface area (TPSA) is 33.1 Å². The molecule has 1 saturated heterocycles. The van der Waals surface area contributed by atoms with Gasteiger partial charge in [0.2, 0.25) is 0 Å². The van der Waals surface area contributed by atoms with Crippen LogP contribution in [0.5, 0.6) is 0 Å². The molecule has 0 bridgehead atoms. The van der Waals surface area contributed by atoms with Crippen LogP contribution < -0.4 is 5.32 Å². The van der Waals surface area contributed by atoms with Gasteiger partial charge < -0.3 is 5.32 Å². The zero-order valence-electron chi connectivity index (χ0n) is 12.9. The molecule has 2 heterocycles. The van der Waals surface area contributed by atoms with Crippen LogP contribution in [-0.4, -0.2) is 40.9 Å². The minimum absolute atomic E-state index is 0.823. The highest BCUT2D eigenvalue weighted by atomic mass is 15.3. The van der Waals surface area contributed by atoms with Crippen molar-refractivity contribution >= 4 is 0 Å². The molecule has 1 aromatic heterocycles. The molecule has 0 spiro atoms. The van der Waals surface area contributed by atoms with E-state index in [1.807, 2.05) is 11.7 Å². The number of hydrogen-bond acceptors (Lipinski definition) is 3. The van der Waals surface area contributed by atoms with Gasteiger partial charge in [-0.05, 0) is 52.2 Å². The van der Waals surface area contributed by atoms with Crippen LogP contribution in [0.3, 0.4) is 0 Å².